The number of unbranched alkanes of at least 4 members (excludes halogenated alkanes) is 4. The van der Waals surface area contributed by atoms with Crippen LogP contribution in [0.1, 0.15) is 80.5 Å². The molecule has 0 aromatic heterocycles. The molecule has 20 heavy (non-hydrogen) atoms. The van der Waals surface area contributed by atoms with Gasteiger partial charge < -0.3 is 0 Å². The first kappa shape index (κ1) is 13.9. The lowest BCUT2D eigenvalue weighted by Gasteiger charge is -2.19. The van der Waals surface area contributed by atoms with E-state index in [1.165, 1.54) is 69.8 Å². The Kier molecular flexibility index (Phi) is 4.60. The predicted octanol–water partition coefficient (Wildman–Crippen LogP) is 5.88. The molecule has 0 heterocycles. The third-order valence-corrected chi connectivity index (χ3v) is 4.87. The van der Waals surface area contributed by atoms with Gasteiger partial charge in [0, 0.05) is 5.92 Å². The summed E-state index contributed by atoms with van der Waals surface area (Å²) in [5, 5.41) is 0. The lowest BCUT2D eigenvalue weighted by atomic mass is 9.86. The smallest absolute Gasteiger partial charge is 0.0273 e. The standard InChI is InChI=1S/C20H27/c1-2-3-4-5-6-9-16-12-13-19-14-17-10-7-8-11-18(17)15-20(16)19/h12-15H,2-11H2,1H3. The van der Waals surface area contributed by atoms with Gasteiger partial charge in [-0.15, -0.1) is 0 Å². The maximum atomic E-state index is 2.51. The van der Waals surface area contributed by atoms with Crippen LogP contribution in [0, 0.1) is 5.92 Å². The van der Waals surface area contributed by atoms with Crippen LogP contribution in [-0.4, -0.2) is 0 Å². The molecule has 107 valence electrons. The number of rotatable bonds is 6. The number of hydrogen-bond donors (Lipinski definition) is 0. The molecule has 0 bridgehead atoms. The molecule has 3 rings (SSSR count). The molecule has 0 atom stereocenters. The van der Waals surface area contributed by atoms with Crippen LogP contribution in [-0.2, 0) is 12.8 Å². The van der Waals surface area contributed by atoms with Gasteiger partial charge in [-0.25, -0.2) is 0 Å². The zero-order valence-electron chi connectivity index (χ0n) is 12.9. The first-order valence-electron chi connectivity index (χ1n) is 8.58. The van der Waals surface area contributed by atoms with Crippen LogP contribution in [0.2, 0.25) is 0 Å². The van der Waals surface area contributed by atoms with Crippen molar-refractivity contribution in [3.8, 4) is 0 Å². The van der Waals surface area contributed by atoms with Gasteiger partial charge in [-0.05, 0) is 54.4 Å². The minimum atomic E-state index is 1.27. The van der Waals surface area contributed by atoms with Crippen molar-refractivity contribution >= 4 is 6.08 Å². The quantitative estimate of drug-likeness (QED) is 0.565. The molecular formula is C20H27. The van der Waals surface area contributed by atoms with Crippen molar-refractivity contribution in [2.75, 3.05) is 0 Å². The van der Waals surface area contributed by atoms with E-state index >= 15 is 0 Å². The average molecular weight is 267 g/mol. The second kappa shape index (κ2) is 6.61. The van der Waals surface area contributed by atoms with Crippen molar-refractivity contribution in [1.82, 2.24) is 0 Å². The third kappa shape index (κ3) is 3.00. The summed E-state index contributed by atoms with van der Waals surface area (Å²) in [6, 6.07) is 4.97. The molecule has 1 radical (unpaired) electrons. The molecule has 0 aliphatic heterocycles. The molecule has 0 amide bonds. The third-order valence-electron chi connectivity index (χ3n) is 4.87. The summed E-state index contributed by atoms with van der Waals surface area (Å²) in [4.78, 5) is 0. The van der Waals surface area contributed by atoms with Crippen LogP contribution in [0.4, 0.5) is 0 Å². The Hall–Kier alpha value is -1.04. The SMILES string of the molecule is CCCCCCC[C]1C=Cc2cc3c(cc21)CCCC3. The fourth-order valence-electron chi connectivity index (χ4n) is 3.64. The largest absolute Gasteiger partial charge is 0.0721 e. The molecule has 0 unspecified atom stereocenters. The Balaban J connectivity index is 1.62. The fraction of sp³-hybridized carbons (Fsp3) is 0.550. The van der Waals surface area contributed by atoms with Crippen LogP contribution in [0.3, 0.4) is 0 Å². The number of fused-ring (bicyclic) bond motifs is 2. The lowest BCUT2D eigenvalue weighted by Crippen LogP contribution is -2.05. The number of allylic oxidation sites excluding steroid dienone is 1. The summed E-state index contributed by atoms with van der Waals surface area (Å²) in [5.74, 6) is 1.59. The minimum absolute atomic E-state index is 1.27. The van der Waals surface area contributed by atoms with Gasteiger partial charge >= 0.3 is 0 Å². The van der Waals surface area contributed by atoms with E-state index in [4.69, 9.17) is 0 Å². The highest BCUT2D eigenvalue weighted by atomic mass is 14.2. The van der Waals surface area contributed by atoms with Gasteiger partial charge in [0.15, 0.2) is 0 Å². The van der Waals surface area contributed by atoms with E-state index in [-0.39, 0.29) is 0 Å². The second-order valence-corrected chi connectivity index (χ2v) is 6.44. The highest BCUT2D eigenvalue weighted by Crippen LogP contribution is 2.36. The van der Waals surface area contributed by atoms with Gasteiger partial charge in [0.2, 0.25) is 0 Å². The normalized spacial score (nSPS) is 17.2. The Labute approximate surface area is 124 Å². The highest BCUT2D eigenvalue weighted by molar-refractivity contribution is 5.70. The van der Waals surface area contributed by atoms with Crippen LogP contribution < -0.4 is 0 Å². The van der Waals surface area contributed by atoms with E-state index in [1.807, 2.05) is 0 Å². The molecule has 0 fully saturated rings. The summed E-state index contributed by atoms with van der Waals surface area (Å²) < 4.78 is 0. The van der Waals surface area contributed by atoms with Crippen molar-refractivity contribution in [1.29, 1.82) is 0 Å². The van der Waals surface area contributed by atoms with Crippen molar-refractivity contribution in [3.63, 3.8) is 0 Å². The van der Waals surface area contributed by atoms with E-state index < -0.39 is 0 Å². The summed E-state index contributed by atoms with van der Waals surface area (Å²) in [6.07, 6.45) is 18.2. The van der Waals surface area contributed by atoms with Gasteiger partial charge in [0.05, 0.1) is 0 Å². The number of aryl methyl sites for hydroxylation is 2. The molecule has 2 aliphatic carbocycles. The summed E-state index contributed by atoms with van der Waals surface area (Å²) in [7, 11) is 0. The summed E-state index contributed by atoms with van der Waals surface area (Å²) >= 11 is 0. The van der Waals surface area contributed by atoms with Crippen LogP contribution in [0.5, 0.6) is 0 Å². The molecule has 0 heteroatoms. The Morgan fingerprint density at radius 3 is 2.40 bits per heavy atom. The Bertz CT molecular complexity index is 481. The van der Waals surface area contributed by atoms with Crippen molar-refractivity contribution in [2.24, 2.45) is 0 Å². The molecular weight excluding hydrogens is 240 g/mol. The molecule has 0 nitrogen and oxygen atoms in total. The number of hydrogen-bond acceptors (Lipinski definition) is 0. The van der Waals surface area contributed by atoms with E-state index in [2.05, 4.69) is 31.2 Å². The van der Waals surface area contributed by atoms with Gasteiger partial charge in [-0.3, -0.25) is 0 Å². The van der Waals surface area contributed by atoms with E-state index in [0.717, 1.165) is 0 Å². The topological polar surface area (TPSA) is 0 Å². The first-order chi connectivity index (χ1) is 9.88. The van der Waals surface area contributed by atoms with Gasteiger partial charge in [-0.1, -0.05) is 63.3 Å². The Morgan fingerprint density at radius 2 is 1.60 bits per heavy atom. The van der Waals surface area contributed by atoms with Gasteiger partial charge in [-0.2, -0.15) is 0 Å². The first-order valence-corrected chi connectivity index (χ1v) is 8.58. The van der Waals surface area contributed by atoms with Crippen molar-refractivity contribution in [2.45, 2.75) is 71.1 Å². The average Bonchev–Trinajstić information content (AvgIpc) is 2.87. The maximum Gasteiger partial charge on any atom is 0.0273 e. The summed E-state index contributed by atoms with van der Waals surface area (Å²) in [6.45, 7) is 2.29. The van der Waals surface area contributed by atoms with Crippen LogP contribution >= 0.6 is 0 Å². The fourth-order valence-corrected chi connectivity index (χ4v) is 3.64. The predicted molar refractivity (Wildman–Crippen MR) is 87.8 cm³/mol. The molecule has 0 saturated heterocycles. The molecule has 0 spiro atoms. The second-order valence-electron chi connectivity index (χ2n) is 6.44. The lowest BCUT2D eigenvalue weighted by molar-refractivity contribution is 0.623. The maximum absolute atomic E-state index is 2.51. The monoisotopic (exact) mass is 267 g/mol. The zero-order chi connectivity index (χ0) is 13.8. The molecule has 0 saturated carbocycles. The molecule has 0 N–H and O–H groups in total. The van der Waals surface area contributed by atoms with Crippen molar-refractivity contribution < 1.29 is 0 Å². The van der Waals surface area contributed by atoms with Crippen LogP contribution in [0.25, 0.3) is 6.08 Å². The van der Waals surface area contributed by atoms with E-state index in [0.29, 0.717) is 0 Å². The minimum Gasteiger partial charge on any atom is -0.0721 e. The molecule has 1 aromatic rings. The van der Waals surface area contributed by atoms with Gasteiger partial charge in [0.25, 0.3) is 0 Å². The molecule has 2 aliphatic rings. The van der Waals surface area contributed by atoms with E-state index in [1.54, 1.807) is 22.6 Å². The zero-order valence-corrected chi connectivity index (χ0v) is 12.9. The number of benzene rings is 1. The van der Waals surface area contributed by atoms with Crippen molar-refractivity contribution in [3.05, 3.63) is 46.4 Å². The van der Waals surface area contributed by atoms with Crippen LogP contribution in [0.15, 0.2) is 18.2 Å². The highest BCUT2D eigenvalue weighted by Gasteiger charge is 2.21. The summed E-state index contributed by atoms with van der Waals surface area (Å²) in [5.41, 5.74) is 6.27. The Morgan fingerprint density at radius 1 is 0.850 bits per heavy atom. The van der Waals surface area contributed by atoms with Gasteiger partial charge in [0.1, 0.15) is 0 Å². The van der Waals surface area contributed by atoms with E-state index in [9.17, 15) is 0 Å². The molecule has 1 aromatic carbocycles.